The van der Waals surface area contributed by atoms with Crippen LogP contribution in [-0.2, 0) is 4.79 Å². The molecule has 1 aliphatic rings. The summed E-state index contributed by atoms with van der Waals surface area (Å²) >= 11 is 0. The zero-order chi connectivity index (χ0) is 23.4. The third kappa shape index (κ3) is 3.29. The molecule has 0 saturated heterocycles. The number of benzene rings is 3. The van der Waals surface area contributed by atoms with Gasteiger partial charge < -0.3 is 19.4 Å². The highest BCUT2D eigenvalue weighted by Gasteiger charge is 2.34. The number of ether oxygens (including phenoxy) is 1. The van der Waals surface area contributed by atoms with Gasteiger partial charge in [-0.05, 0) is 35.4 Å². The number of fused-ring (bicyclic) bond motifs is 3. The largest absolute Gasteiger partial charge is 0.508 e. The summed E-state index contributed by atoms with van der Waals surface area (Å²) in [5.74, 6) is -7.00. The summed E-state index contributed by atoms with van der Waals surface area (Å²) in [5, 5.41) is 19.8. The second-order valence-corrected chi connectivity index (χ2v) is 7.57. The predicted octanol–water partition coefficient (Wildman–Crippen LogP) is 4.73. The van der Waals surface area contributed by atoms with E-state index in [9.17, 15) is 33.0 Å². The van der Waals surface area contributed by atoms with Crippen LogP contribution in [0.1, 0.15) is 23.5 Å². The molecule has 0 aliphatic carbocycles. The first kappa shape index (κ1) is 20.6. The van der Waals surface area contributed by atoms with Gasteiger partial charge in [0.2, 0.25) is 5.43 Å². The van der Waals surface area contributed by atoms with Crippen molar-refractivity contribution in [2.24, 2.45) is 0 Å². The third-order valence-corrected chi connectivity index (χ3v) is 5.56. The molecule has 1 aromatic heterocycles. The average Bonchev–Trinajstić information content (AvgIpc) is 2.77. The van der Waals surface area contributed by atoms with Crippen molar-refractivity contribution in [2.45, 2.75) is 12.3 Å². The van der Waals surface area contributed by atoms with E-state index in [0.717, 1.165) is 24.5 Å². The molecule has 2 N–H and O–H groups in total. The average molecular weight is 454 g/mol. The summed E-state index contributed by atoms with van der Waals surface area (Å²) < 4.78 is 52.2. The lowest BCUT2D eigenvalue weighted by Gasteiger charge is -2.26. The maximum Gasteiger partial charge on any atom is 0.312 e. The molecule has 0 bridgehead atoms. The van der Waals surface area contributed by atoms with E-state index in [-0.39, 0.29) is 45.6 Å². The molecule has 2 heterocycles. The van der Waals surface area contributed by atoms with Gasteiger partial charge in [0, 0.05) is 17.5 Å². The van der Waals surface area contributed by atoms with Crippen molar-refractivity contribution in [3.63, 3.8) is 0 Å². The van der Waals surface area contributed by atoms with Crippen LogP contribution >= 0.6 is 0 Å². The Morgan fingerprint density at radius 2 is 1.61 bits per heavy atom. The highest BCUT2D eigenvalue weighted by Crippen LogP contribution is 2.46. The van der Waals surface area contributed by atoms with Gasteiger partial charge in [-0.1, -0.05) is 12.1 Å². The van der Waals surface area contributed by atoms with Crippen LogP contribution in [-0.4, -0.2) is 16.2 Å². The fraction of sp³-hybridized carbons (Fsp3) is 0.0833. The molecule has 5 rings (SSSR count). The van der Waals surface area contributed by atoms with Crippen LogP contribution in [0.25, 0.3) is 22.1 Å². The summed E-state index contributed by atoms with van der Waals surface area (Å²) in [7, 11) is 0. The SMILES string of the molecule is O=C1CC(c2cc(F)c(F)c(F)c2)c2c(cc(O)c3c(=O)c(-c4ccc(O)cc4)coc23)O1. The fourth-order valence-corrected chi connectivity index (χ4v) is 4.03. The molecule has 33 heavy (non-hydrogen) atoms. The van der Waals surface area contributed by atoms with Gasteiger partial charge in [0.15, 0.2) is 17.5 Å². The summed E-state index contributed by atoms with van der Waals surface area (Å²) in [5.41, 5.74) is -0.217. The van der Waals surface area contributed by atoms with Gasteiger partial charge in [0.05, 0.1) is 12.0 Å². The molecular weight excluding hydrogens is 441 g/mol. The normalized spacial score (nSPS) is 15.4. The number of hydrogen-bond donors (Lipinski definition) is 2. The maximum absolute atomic E-state index is 13.9. The zero-order valence-electron chi connectivity index (χ0n) is 16.6. The Hall–Kier alpha value is -4.27. The number of esters is 1. The van der Waals surface area contributed by atoms with Gasteiger partial charge in [0.1, 0.15) is 34.5 Å². The van der Waals surface area contributed by atoms with E-state index in [0.29, 0.717) is 5.56 Å². The smallest absolute Gasteiger partial charge is 0.312 e. The number of carbonyl (C=O) groups is 1. The van der Waals surface area contributed by atoms with E-state index >= 15 is 0 Å². The van der Waals surface area contributed by atoms with Crippen LogP contribution in [0.5, 0.6) is 17.2 Å². The molecule has 1 atom stereocenters. The summed E-state index contributed by atoms with van der Waals surface area (Å²) in [6.45, 7) is 0. The molecule has 4 aromatic rings. The molecule has 166 valence electrons. The van der Waals surface area contributed by atoms with E-state index in [4.69, 9.17) is 9.15 Å². The molecule has 0 spiro atoms. The van der Waals surface area contributed by atoms with Crippen LogP contribution in [0.15, 0.2) is 57.9 Å². The van der Waals surface area contributed by atoms with E-state index < -0.39 is 40.5 Å². The number of aromatic hydroxyl groups is 2. The van der Waals surface area contributed by atoms with E-state index in [1.165, 1.54) is 24.3 Å². The maximum atomic E-state index is 13.9. The summed E-state index contributed by atoms with van der Waals surface area (Å²) in [6.07, 6.45) is 0.775. The van der Waals surface area contributed by atoms with E-state index in [1.54, 1.807) is 0 Å². The molecule has 3 aromatic carbocycles. The van der Waals surface area contributed by atoms with Gasteiger partial charge in [0.25, 0.3) is 0 Å². The molecule has 0 radical (unpaired) electrons. The Labute approximate surface area is 183 Å². The first-order valence-corrected chi connectivity index (χ1v) is 9.70. The van der Waals surface area contributed by atoms with Gasteiger partial charge >= 0.3 is 5.97 Å². The third-order valence-electron chi connectivity index (χ3n) is 5.56. The first-order chi connectivity index (χ1) is 15.7. The Kier molecular flexibility index (Phi) is 4.63. The minimum absolute atomic E-state index is 0.00994. The minimum atomic E-state index is -1.65. The monoisotopic (exact) mass is 454 g/mol. The Bertz CT molecular complexity index is 1480. The van der Waals surface area contributed by atoms with Gasteiger partial charge in [-0.3, -0.25) is 9.59 Å². The van der Waals surface area contributed by atoms with Crippen LogP contribution in [0.3, 0.4) is 0 Å². The number of carbonyl (C=O) groups excluding carboxylic acids is 1. The lowest BCUT2D eigenvalue weighted by Crippen LogP contribution is -2.22. The molecular formula is C24H13F3O6. The quantitative estimate of drug-likeness (QED) is 0.258. The van der Waals surface area contributed by atoms with Crippen molar-refractivity contribution in [3.05, 3.63) is 87.5 Å². The van der Waals surface area contributed by atoms with E-state index in [1.807, 2.05) is 0 Å². The lowest BCUT2D eigenvalue weighted by atomic mass is 9.84. The standard InChI is InChI=1S/C24H13F3O6/c25-15-5-11(6-16(26)22(15)27)13-7-19(30)33-18-8-17(29)21-23(31)14(9-32-24(21)20(13)18)10-1-3-12(28)4-2-10/h1-6,8-9,13,28-29H,7H2. The topological polar surface area (TPSA) is 97.0 Å². The number of hydrogen-bond acceptors (Lipinski definition) is 6. The number of phenolic OH excluding ortho intramolecular Hbond substituents is 2. The number of phenols is 2. The van der Waals surface area contributed by atoms with Crippen LogP contribution in [0.4, 0.5) is 13.2 Å². The highest BCUT2D eigenvalue weighted by molar-refractivity contribution is 5.94. The molecule has 0 saturated carbocycles. The van der Waals surface area contributed by atoms with Crippen LogP contribution in [0, 0.1) is 17.5 Å². The molecule has 9 heteroatoms. The molecule has 0 fully saturated rings. The minimum Gasteiger partial charge on any atom is -0.508 e. The summed E-state index contributed by atoms with van der Waals surface area (Å²) in [4.78, 5) is 25.4. The van der Waals surface area contributed by atoms with Crippen molar-refractivity contribution < 1.29 is 37.3 Å². The summed E-state index contributed by atoms with van der Waals surface area (Å²) in [6, 6.07) is 8.28. The van der Waals surface area contributed by atoms with Gasteiger partial charge in [-0.25, -0.2) is 13.2 Å². The van der Waals surface area contributed by atoms with Crippen molar-refractivity contribution in [1.29, 1.82) is 0 Å². The van der Waals surface area contributed by atoms with Crippen molar-refractivity contribution >= 4 is 16.9 Å². The van der Waals surface area contributed by atoms with Crippen LogP contribution < -0.4 is 10.2 Å². The zero-order valence-corrected chi connectivity index (χ0v) is 16.6. The van der Waals surface area contributed by atoms with Gasteiger partial charge in [-0.15, -0.1) is 0 Å². The predicted molar refractivity (Wildman–Crippen MR) is 110 cm³/mol. The first-order valence-electron chi connectivity index (χ1n) is 9.70. The molecule has 1 aliphatic heterocycles. The van der Waals surface area contributed by atoms with Crippen LogP contribution in [0.2, 0.25) is 0 Å². The van der Waals surface area contributed by atoms with Crippen molar-refractivity contribution in [3.8, 4) is 28.4 Å². The molecule has 0 amide bonds. The second-order valence-electron chi connectivity index (χ2n) is 7.57. The Morgan fingerprint density at radius 1 is 0.939 bits per heavy atom. The number of rotatable bonds is 2. The molecule has 1 unspecified atom stereocenters. The number of halogens is 3. The van der Waals surface area contributed by atoms with Crippen molar-refractivity contribution in [1.82, 2.24) is 0 Å². The van der Waals surface area contributed by atoms with Gasteiger partial charge in [-0.2, -0.15) is 0 Å². The lowest BCUT2D eigenvalue weighted by molar-refractivity contribution is -0.135. The van der Waals surface area contributed by atoms with Crippen molar-refractivity contribution in [2.75, 3.05) is 0 Å². The molecule has 6 nitrogen and oxygen atoms in total. The highest BCUT2D eigenvalue weighted by atomic mass is 19.2. The fourth-order valence-electron chi connectivity index (χ4n) is 4.03. The second kappa shape index (κ2) is 7.40. The Morgan fingerprint density at radius 3 is 2.27 bits per heavy atom. The van der Waals surface area contributed by atoms with E-state index in [2.05, 4.69) is 0 Å². The Balaban J connectivity index is 1.78.